The molecule has 5 nitrogen and oxygen atoms in total. The summed E-state index contributed by atoms with van der Waals surface area (Å²) < 4.78 is 2.26. The van der Waals surface area contributed by atoms with Crippen LogP contribution >= 0.6 is 0 Å². The van der Waals surface area contributed by atoms with Gasteiger partial charge in [-0.05, 0) is 81.1 Å². The van der Waals surface area contributed by atoms with Crippen LogP contribution in [0.1, 0.15) is 28.3 Å². The third-order valence-electron chi connectivity index (χ3n) is 7.10. The highest BCUT2D eigenvalue weighted by Gasteiger charge is 2.17. The molecule has 6 rings (SSSR count). The van der Waals surface area contributed by atoms with Gasteiger partial charge in [-0.2, -0.15) is 0 Å². The fourth-order valence-corrected chi connectivity index (χ4v) is 5.72. The van der Waals surface area contributed by atoms with Gasteiger partial charge in [0.05, 0.1) is 17.6 Å². The monoisotopic (exact) mass is 493 g/mol. The van der Waals surface area contributed by atoms with E-state index in [1.165, 1.54) is 38.6 Å². The standard InChI is InChI=1S/C33H27N5/c1-19-15-20(2)32(21(3)16-19)24-11-13-27-26-9-7-8-10-30(26)38(31(27)17-24)25-12-14-28(29(18-25)34-6)33-36-22(4)35-23(5)37-33/h7-18H,1-5H3. The van der Waals surface area contributed by atoms with Crippen molar-refractivity contribution in [1.82, 2.24) is 19.5 Å². The van der Waals surface area contributed by atoms with Crippen molar-refractivity contribution in [2.75, 3.05) is 0 Å². The van der Waals surface area contributed by atoms with Crippen LogP contribution in [0.4, 0.5) is 5.69 Å². The second-order valence-electron chi connectivity index (χ2n) is 9.92. The number of aryl methyl sites for hydroxylation is 5. The number of benzene rings is 4. The van der Waals surface area contributed by atoms with Gasteiger partial charge in [-0.1, -0.05) is 54.1 Å². The predicted octanol–water partition coefficient (Wildman–Crippen LogP) is 8.40. The fourth-order valence-electron chi connectivity index (χ4n) is 5.72. The molecule has 0 saturated heterocycles. The number of hydrogen-bond donors (Lipinski definition) is 0. The SMILES string of the molecule is [C-]#[N+]c1cc(-n2c3ccccc3c3ccc(-c4c(C)cc(C)cc4C)cc32)ccc1-c1nc(C)nc(C)n1. The summed E-state index contributed by atoms with van der Waals surface area (Å²) in [4.78, 5) is 17.2. The van der Waals surface area contributed by atoms with E-state index in [0.29, 0.717) is 28.7 Å². The van der Waals surface area contributed by atoms with Crippen LogP contribution in [-0.2, 0) is 0 Å². The van der Waals surface area contributed by atoms with Gasteiger partial charge in [0.15, 0.2) is 11.5 Å². The Morgan fingerprint density at radius 2 is 1.37 bits per heavy atom. The Morgan fingerprint density at radius 1 is 0.684 bits per heavy atom. The lowest BCUT2D eigenvalue weighted by atomic mass is 9.93. The highest BCUT2D eigenvalue weighted by Crippen LogP contribution is 2.38. The Labute approximate surface area is 222 Å². The molecule has 0 N–H and O–H groups in total. The van der Waals surface area contributed by atoms with E-state index in [0.717, 1.165) is 16.7 Å². The van der Waals surface area contributed by atoms with E-state index in [-0.39, 0.29) is 0 Å². The number of rotatable bonds is 3. The molecule has 0 saturated carbocycles. The molecule has 0 aliphatic rings. The third-order valence-corrected chi connectivity index (χ3v) is 7.10. The first kappa shape index (κ1) is 23.6. The highest BCUT2D eigenvalue weighted by atomic mass is 15.0. The lowest BCUT2D eigenvalue weighted by molar-refractivity contribution is 0.929. The van der Waals surface area contributed by atoms with Gasteiger partial charge in [0, 0.05) is 22.0 Å². The molecule has 2 heterocycles. The maximum atomic E-state index is 7.94. The first-order valence-corrected chi connectivity index (χ1v) is 12.7. The molecular weight excluding hydrogens is 466 g/mol. The maximum absolute atomic E-state index is 7.94. The smallest absolute Gasteiger partial charge is 0.200 e. The van der Waals surface area contributed by atoms with Crippen molar-refractivity contribution < 1.29 is 0 Å². The molecule has 4 aromatic carbocycles. The number of nitrogens with zero attached hydrogens (tertiary/aromatic N) is 5. The minimum atomic E-state index is 0.514. The summed E-state index contributed by atoms with van der Waals surface area (Å²) in [6, 6.07) is 25.6. The van der Waals surface area contributed by atoms with Gasteiger partial charge in [-0.3, -0.25) is 0 Å². The van der Waals surface area contributed by atoms with Crippen LogP contribution in [0, 0.1) is 41.2 Å². The highest BCUT2D eigenvalue weighted by molar-refractivity contribution is 6.10. The quantitative estimate of drug-likeness (QED) is 0.233. The zero-order valence-electron chi connectivity index (χ0n) is 22.2. The number of fused-ring (bicyclic) bond motifs is 3. The van der Waals surface area contributed by atoms with E-state index >= 15 is 0 Å². The van der Waals surface area contributed by atoms with Crippen molar-refractivity contribution in [1.29, 1.82) is 0 Å². The minimum absolute atomic E-state index is 0.514. The fraction of sp³-hybridized carbons (Fsp3) is 0.152. The predicted molar refractivity (Wildman–Crippen MR) is 155 cm³/mol. The zero-order chi connectivity index (χ0) is 26.6. The third kappa shape index (κ3) is 3.82. The average Bonchev–Trinajstić information content (AvgIpc) is 3.21. The minimum Gasteiger partial charge on any atom is -0.310 e. The molecule has 5 heteroatoms. The van der Waals surface area contributed by atoms with Crippen molar-refractivity contribution in [3.8, 4) is 28.2 Å². The van der Waals surface area contributed by atoms with Gasteiger partial charge < -0.3 is 4.57 Å². The molecule has 0 radical (unpaired) electrons. The van der Waals surface area contributed by atoms with E-state index in [4.69, 9.17) is 6.57 Å². The van der Waals surface area contributed by atoms with Gasteiger partial charge in [0.2, 0.25) is 0 Å². The largest absolute Gasteiger partial charge is 0.310 e. The van der Waals surface area contributed by atoms with Crippen LogP contribution < -0.4 is 0 Å². The topological polar surface area (TPSA) is 48.0 Å². The summed E-state index contributed by atoms with van der Waals surface area (Å²) in [6.45, 7) is 18.1. The molecule has 0 aliphatic carbocycles. The van der Waals surface area contributed by atoms with Gasteiger partial charge in [0.25, 0.3) is 0 Å². The second kappa shape index (κ2) is 8.93. The first-order chi connectivity index (χ1) is 18.3. The van der Waals surface area contributed by atoms with Crippen molar-refractivity contribution in [3.63, 3.8) is 0 Å². The lowest BCUT2D eigenvalue weighted by Crippen LogP contribution is -2.00. The van der Waals surface area contributed by atoms with Gasteiger partial charge in [-0.15, -0.1) is 0 Å². The molecule has 0 atom stereocenters. The summed E-state index contributed by atoms with van der Waals surface area (Å²) in [7, 11) is 0. The molecule has 0 amide bonds. The lowest BCUT2D eigenvalue weighted by Gasteiger charge is -2.14. The summed E-state index contributed by atoms with van der Waals surface area (Å²) in [6.07, 6.45) is 0. The van der Waals surface area contributed by atoms with E-state index in [2.05, 4.69) is 106 Å². The van der Waals surface area contributed by atoms with Crippen LogP contribution in [0.5, 0.6) is 0 Å². The van der Waals surface area contributed by atoms with E-state index < -0.39 is 0 Å². The molecule has 2 aromatic heterocycles. The Balaban J connectivity index is 1.61. The van der Waals surface area contributed by atoms with Crippen LogP contribution in [0.2, 0.25) is 0 Å². The second-order valence-corrected chi connectivity index (χ2v) is 9.92. The molecule has 184 valence electrons. The van der Waals surface area contributed by atoms with Crippen molar-refractivity contribution in [3.05, 3.63) is 113 Å². The molecule has 0 bridgehead atoms. The molecule has 6 aromatic rings. The molecule has 0 spiro atoms. The van der Waals surface area contributed by atoms with Crippen LogP contribution in [0.3, 0.4) is 0 Å². The Kier molecular flexibility index (Phi) is 5.54. The first-order valence-electron chi connectivity index (χ1n) is 12.7. The molecule has 0 fully saturated rings. The summed E-state index contributed by atoms with van der Waals surface area (Å²) in [5.74, 6) is 1.82. The van der Waals surface area contributed by atoms with Gasteiger partial charge in [-0.25, -0.2) is 19.8 Å². The summed E-state index contributed by atoms with van der Waals surface area (Å²) in [5, 5.41) is 2.37. The zero-order valence-corrected chi connectivity index (χ0v) is 22.2. The number of aromatic nitrogens is 4. The summed E-state index contributed by atoms with van der Waals surface area (Å²) >= 11 is 0. The van der Waals surface area contributed by atoms with Gasteiger partial charge in [0.1, 0.15) is 11.6 Å². The molecule has 0 aliphatic heterocycles. The van der Waals surface area contributed by atoms with E-state index in [1.54, 1.807) is 0 Å². The van der Waals surface area contributed by atoms with Crippen LogP contribution in [0.15, 0.2) is 72.8 Å². The Morgan fingerprint density at radius 3 is 2.08 bits per heavy atom. The molecule has 0 unspecified atom stereocenters. The van der Waals surface area contributed by atoms with Crippen molar-refractivity contribution in [2.45, 2.75) is 34.6 Å². The average molecular weight is 494 g/mol. The Hall–Kier alpha value is -4.82. The van der Waals surface area contributed by atoms with Crippen molar-refractivity contribution in [2.24, 2.45) is 0 Å². The number of para-hydroxylation sites is 1. The van der Waals surface area contributed by atoms with E-state index in [9.17, 15) is 0 Å². The normalized spacial score (nSPS) is 11.3. The molecule has 38 heavy (non-hydrogen) atoms. The van der Waals surface area contributed by atoms with Crippen LogP contribution in [-0.4, -0.2) is 19.5 Å². The maximum Gasteiger partial charge on any atom is 0.200 e. The molecular formula is C33H27N5. The Bertz CT molecular complexity index is 1890. The van der Waals surface area contributed by atoms with E-state index in [1.807, 2.05) is 26.0 Å². The van der Waals surface area contributed by atoms with Crippen molar-refractivity contribution >= 4 is 27.5 Å². The van der Waals surface area contributed by atoms with Gasteiger partial charge >= 0.3 is 0 Å². The van der Waals surface area contributed by atoms with Crippen LogP contribution in [0.25, 0.3) is 54.9 Å². The summed E-state index contributed by atoms with van der Waals surface area (Å²) in [5.41, 5.74) is 10.6. The number of hydrogen-bond acceptors (Lipinski definition) is 3.